The van der Waals surface area contributed by atoms with Crippen molar-refractivity contribution in [1.82, 2.24) is 14.3 Å². The van der Waals surface area contributed by atoms with Crippen LogP contribution in [0.5, 0.6) is 0 Å². The van der Waals surface area contributed by atoms with Crippen LogP contribution in [0.3, 0.4) is 0 Å². The maximum Gasteiger partial charge on any atom is 0.325 e. The zero-order valence-corrected chi connectivity index (χ0v) is 12.5. The molecule has 0 aliphatic rings. The molecule has 20 heavy (non-hydrogen) atoms. The van der Waals surface area contributed by atoms with Gasteiger partial charge in [-0.15, -0.1) is 22.7 Å². The molecule has 0 atom stereocenters. The summed E-state index contributed by atoms with van der Waals surface area (Å²) in [6.07, 6.45) is 1.93. The molecule has 0 spiro atoms. The van der Waals surface area contributed by atoms with E-state index in [9.17, 15) is 9.59 Å². The molecule has 0 saturated heterocycles. The van der Waals surface area contributed by atoms with Gasteiger partial charge in [0.2, 0.25) is 0 Å². The highest BCUT2D eigenvalue weighted by atomic mass is 32.1. The summed E-state index contributed by atoms with van der Waals surface area (Å²) in [4.78, 5) is 31.5. The van der Waals surface area contributed by atoms with Crippen molar-refractivity contribution in [2.24, 2.45) is 0 Å². The van der Waals surface area contributed by atoms with Gasteiger partial charge in [-0.1, -0.05) is 0 Å². The number of esters is 1. The summed E-state index contributed by atoms with van der Waals surface area (Å²) in [6, 6.07) is 1.81. The number of thiophene rings is 1. The number of likely N-dealkylation sites (N-methyl/N-ethyl adjacent to an activating group) is 1. The van der Waals surface area contributed by atoms with Gasteiger partial charge < -0.3 is 9.64 Å². The number of fused-ring (bicyclic) bond motifs is 3. The molecule has 1 amide bonds. The Morgan fingerprint density at radius 1 is 1.50 bits per heavy atom. The topological polar surface area (TPSA) is 63.9 Å². The van der Waals surface area contributed by atoms with E-state index in [0.29, 0.717) is 4.88 Å². The molecule has 104 valence electrons. The van der Waals surface area contributed by atoms with Crippen LogP contribution in [0.25, 0.3) is 15.3 Å². The van der Waals surface area contributed by atoms with Gasteiger partial charge in [0.15, 0.2) is 4.96 Å². The number of hydrogen-bond donors (Lipinski definition) is 0. The Morgan fingerprint density at radius 2 is 2.30 bits per heavy atom. The summed E-state index contributed by atoms with van der Waals surface area (Å²) in [5.41, 5.74) is 0.918. The van der Waals surface area contributed by atoms with Crippen LogP contribution < -0.4 is 0 Å². The van der Waals surface area contributed by atoms with Gasteiger partial charge >= 0.3 is 5.97 Å². The number of carbonyl (C=O) groups is 2. The van der Waals surface area contributed by atoms with Crippen LogP contribution in [0.1, 0.15) is 9.67 Å². The lowest BCUT2D eigenvalue weighted by atomic mass is 10.4. The average Bonchev–Trinajstić information content (AvgIpc) is 3.08. The van der Waals surface area contributed by atoms with E-state index in [1.807, 2.05) is 22.0 Å². The van der Waals surface area contributed by atoms with Gasteiger partial charge in [-0.05, 0) is 6.07 Å². The first-order chi connectivity index (χ1) is 9.60. The molecule has 3 aromatic heterocycles. The summed E-state index contributed by atoms with van der Waals surface area (Å²) >= 11 is 2.88. The summed E-state index contributed by atoms with van der Waals surface area (Å²) in [5.74, 6) is -0.647. The van der Waals surface area contributed by atoms with Crippen molar-refractivity contribution in [3.63, 3.8) is 0 Å². The molecule has 6 nitrogen and oxygen atoms in total. The largest absolute Gasteiger partial charge is 0.468 e. The number of methoxy groups -OCH3 is 1. The quantitative estimate of drug-likeness (QED) is 0.693. The molecule has 0 fully saturated rings. The summed E-state index contributed by atoms with van der Waals surface area (Å²) in [7, 11) is 2.87. The molecule has 0 unspecified atom stereocenters. The number of nitrogens with zero attached hydrogens (tertiary/aromatic N) is 3. The lowest BCUT2D eigenvalue weighted by molar-refractivity contribution is -0.141. The highest BCUT2D eigenvalue weighted by Crippen LogP contribution is 2.28. The number of hydrogen-bond acceptors (Lipinski definition) is 6. The van der Waals surface area contributed by atoms with Gasteiger partial charge in [0.1, 0.15) is 11.4 Å². The molecule has 0 aliphatic carbocycles. The first kappa shape index (κ1) is 13.1. The van der Waals surface area contributed by atoms with Crippen LogP contribution in [-0.4, -0.2) is 46.9 Å². The molecule has 3 heterocycles. The van der Waals surface area contributed by atoms with Crippen molar-refractivity contribution in [1.29, 1.82) is 0 Å². The smallest absolute Gasteiger partial charge is 0.325 e. The Hall–Kier alpha value is -1.93. The minimum absolute atomic E-state index is 0.0636. The number of ether oxygens (including phenoxy) is 1. The second kappa shape index (κ2) is 4.88. The molecule has 0 aliphatic heterocycles. The molecule has 0 bridgehead atoms. The Kier molecular flexibility index (Phi) is 3.19. The number of rotatable bonds is 3. The van der Waals surface area contributed by atoms with E-state index in [2.05, 4.69) is 9.72 Å². The zero-order chi connectivity index (χ0) is 14.3. The monoisotopic (exact) mass is 309 g/mol. The van der Waals surface area contributed by atoms with Gasteiger partial charge in [0, 0.05) is 18.6 Å². The molecule has 0 N–H and O–H groups in total. The first-order valence-electron chi connectivity index (χ1n) is 5.77. The predicted molar refractivity (Wildman–Crippen MR) is 77.4 cm³/mol. The normalized spacial score (nSPS) is 11.1. The van der Waals surface area contributed by atoms with Gasteiger partial charge in [-0.25, -0.2) is 4.98 Å². The van der Waals surface area contributed by atoms with E-state index in [0.717, 1.165) is 15.3 Å². The van der Waals surface area contributed by atoms with E-state index in [1.165, 1.54) is 23.3 Å². The number of imidazole rings is 1. The molecule has 8 heteroatoms. The zero-order valence-electron chi connectivity index (χ0n) is 10.8. The van der Waals surface area contributed by atoms with Gasteiger partial charge in [0.25, 0.3) is 5.91 Å². The number of amides is 1. The van der Waals surface area contributed by atoms with Crippen LogP contribution in [0.2, 0.25) is 0 Å². The van der Waals surface area contributed by atoms with Gasteiger partial charge in [0.05, 0.1) is 17.5 Å². The predicted octanol–water partition coefficient (Wildman–Crippen LogP) is 1.86. The minimum atomic E-state index is -0.441. The summed E-state index contributed by atoms with van der Waals surface area (Å²) in [6.45, 7) is -0.0636. The van der Waals surface area contributed by atoms with Crippen LogP contribution in [0, 0.1) is 0 Å². The number of aromatic nitrogens is 2. The average molecular weight is 309 g/mol. The highest BCUT2D eigenvalue weighted by Gasteiger charge is 2.19. The third-order valence-electron chi connectivity index (χ3n) is 2.89. The van der Waals surface area contributed by atoms with E-state index >= 15 is 0 Å². The third-order valence-corrected chi connectivity index (χ3v) is 4.65. The van der Waals surface area contributed by atoms with E-state index in [1.54, 1.807) is 18.4 Å². The summed E-state index contributed by atoms with van der Waals surface area (Å²) in [5, 5.41) is 1.95. The van der Waals surface area contributed by atoms with Crippen molar-refractivity contribution in [2.45, 2.75) is 0 Å². The fraction of sp³-hybridized carbons (Fsp3) is 0.250. The Balaban J connectivity index is 1.91. The van der Waals surface area contributed by atoms with Gasteiger partial charge in [-0.3, -0.25) is 14.0 Å². The SMILES string of the molecule is COC(=O)CN(C)C(=O)c1cc2c(nc3sccn32)s1. The Labute approximate surface area is 122 Å². The van der Waals surface area contributed by atoms with Crippen LogP contribution in [0.4, 0.5) is 0 Å². The van der Waals surface area contributed by atoms with Crippen molar-refractivity contribution < 1.29 is 14.3 Å². The van der Waals surface area contributed by atoms with Crippen LogP contribution in [-0.2, 0) is 9.53 Å². The number of carbonyl (C=O) groups excluding carboxylic acids is 2. The van der Waals surface area contributed by atoms with Gasteiger partial charge in [-0.2, -0.15) is 0 Å². The minimum Gasteiger partial charge on any atom is -0.468 e. The maximum absolute atomic E-state index is 12.2. The second-order valence-corrected chi connectivity index (χ2v) is 6.11. The Bertz CT molecular complexity index is 801. The van der Waals surface area contributed by atoms with Crippen molar-refractivity contribution >= 4 is 49.9 Å². The van der Waals surface area contributed by atoms with E-state index in [4.69, 9.17) is 0 Å². The lowest BCUT2D eigenvalue weighted by Gasteiger charge is -2.13. The molecule has 0 aromatic carbocycles. The standard InChI is InChI=1S/C12H11N3O3S2/c1-14(6-9(16)18-2)11(17)8-5-7-10(20-8)13-12-15(7)3-4-19-12/h3-5H,6H2,1-2H3. The molecular weight excluding hydrogens is 298 g/mol. The Morgan fingerprint density at radius 3 is 3.05 bits per heavy atom. The van der Waals surface area contributed by atoms with E-state index < -0.39 is 5.97 Å². The fourth-order valence-corrected chi connectivity index (χ4v) is 3.67. The van der Waals surface area contributed by atoms with Crippen LogP contribution in [0.15, 0.2) is 17.6 Å². The first-order valence-corrected chi connectivity index (χ1v) is 7.47. The second-order valence-electron chi connectivity index (χ2n) is 4.21. The molecule has 3 rings (SSSR count). The third kappa shape index (κ3) is 2.06. The van der Waals surface area contributed by atoms with E-state index in [-0.39, 0.29) is 12.5 Å². The fourth-order valence-electron chi connectivity index (χ4n) is 1.87. The van der Waals surface area contributed by atoms with Crippen molar-refractivity contribution in [3.05, 3.63) is 22.5 Å². The summed E-state index contributed by atoms with van der Waals surface area (Å²) < 4.78 is 6.51. The van der Waals surface area contributed by atoms with Crippen molar-refractivity contribution in [3.8, 4) is 0 Å². The van der Waals surface area contributed by atoms with Crippen LogP contribution >= 0.6 is 22.7 Å². The highest BCUT2D eigenvalue weighted by molar-refractivity contribution is 7.21. The maximum atomic E-state index is 12.2. The molecule has 0 radical (unpaired) electrons. The molecule has 0 saturated carbocycles. The number of thiazole rings is 1. The lowest BCUT2D eigenvalue weighted by Crippen LogP contribution is -2.32. The van der Waals surface area contributed by atoms with Crippen molar-refractivity contribution in [2.75, 3.05) is 20.7 Å². The molecular formula is C12H11N3O3S2. The molecule has 3 aromatic rings.